The highest BCUT2D eigenvalue weighted by Gasteiger charge is 2.27. The van der Waals surface area contributed by atoms with Gasteiger partial charge in [0.25, 0.3) is 5.91 Å². The van der Waals surface area contributed by atoms with Crippen molar-refractivity contribution in [1.82, 2.24) is 4.98 Å². The molecule has 1 atom stereocenters. The van der Waals surface area contributed by atoms with E-state index in [1.165, 1.54) is 6.07 Å². The van der Waals surface area contributed by atoms with E-state index in [1.54, 1.807) is 37.3 Å². The van der Waals surface area contributed by atoms with Crippen LogP contribution in [-0.2, 0) is 4.79 Å². The number of ether oxygens (including phenoxy) is 1. The predicted molar refractivity (Wildman–Crippen MR) is 110 cm³/mol. The number of rotatable bonds is 6. The van der Waals surface area contributed by atoms with E-state index >= 15 is 0 Å². The van der Waals surface area contributed by atoms with Crippen LogP contribution >= 0.6 is 0 Å². The summed E-state index contributed by atoms with van der Waals surface area (Å²) in [6.07, 6.45) is -1.08. The second-order valence-electron chi connectivity index (χ2n) is 6.75. The van der Waals surface area contributed by atoms with Crippen molar-refractivity contribution in [1.29, 1.82) is 0 Å². The lowest BCUT2D eigenvalue weighted by Gasteiger charge is -2.20. The number of nitrogens with one attached hydrogen (secondary N) is 1. The lowest BCUT2D eigenvalue weighted by molar-refractivity contribution is -0.390. The molecule has 7 heteroatoms. The van der Waals surface area contributed by atoms with Crippen molar-refractivity contribution in [3.8, 4) is 5.75 Å². The molecule has 29 heavy (non-hydrogen) atoms. The van der Waals surface area contributed by atoms with Gasteiger partial charge >= 0.3 is 5.82 Å². The number of carbonyl (C=O) groups excluding carboxylic acids is 1. The highest BCUT2D eigenvalue weighted by atomic mass is 16.6. The smallest absolute Gasteiger partial charge is 0.406 e. The summed E-state index contributed by atoms with van der Waals surface area (Å²) in [5.74, 6) is -0.921. The van der Waals surface area contributed by atoms with E-state index in [9.17, 15) is 14.9 Å². The van der Waals surface area contributed by atoms with Gasteiger partial charge in [-0.2, -0.15) is 0 Å². The molecule has 1 heterocycles. The maximum atomic E-state index is 13.1. The maximum absolute atomic E-state index is 13.1. The van der Waals surface area contributed by atoms with Crippen molar-refractivity contribution in [2.24, 2.45) is 0 Å². The molecule has 1 N–H and O–H groups in total. The SMILES string of the molecule is Cc1ccc(C)c(NC(=O)C(Oc2ccc(C)nc2[N+](=O)[O-])c2ccccc2)c1. The van der Waals surface area contributed by atoms with Crippen LogP contribution in [0.25, 0.3) is 0 Å². The highest BCUT2D eigenvalue weighted by Crippen LogP contribution is 2.31. The van der Waals surface area contributed by atoms with Crippen LogP contribution < -0.4 is 10.1 Å². The fourth-order valence-electron chi connectivity index (χ4n) is 2.85. The summed E-state index contributed by atoms with van der Waals surface area (Å²) >= 11 is 0. The van der Waals surface area contributed by atoms with Crippen LogP contribution in [0.3, 0.4) is 0 Å². The van der Waals surface area contributed by atoms with Crippen LogP contribution in [0.2, 0.25) is 0 Å². The number of pyridine rings is 1. The molecule has 0 spiro atoms. The molecule has 2 aromatic carbocycles. The van der Waals surface area contributed by atoms with E-state index in [1.807, 2.05) is 38.1 Å². The summed E-state index contributed by atoms with van der Waals surface area (Å²) < 4.78 is 5.84. The average molecular weight is 391 g/mol. The molecule has 3 rings (SSSR count). The number of aryl methyl sites for hydroxylation is 3. The monoisotopic (exact) mass is 391 g/mol. The molecular formula is C22H21N3O4. The van der Waals surface area contributed by atoms with E-state index in [-0.39, 0.29) is 5.75 Å². The van der Waals surface area contributed by atoms with Crippen LogP contribution in [0.4, 0.5) is 11.5 Å². The first-order chi connectivity index (χ1) is 13.8. The summed E-state index contributed by atoms with van der Waals surface area (Å²) in [7, 11) is 0. The van der Waals surface area contributed by atoms with Crippen LogP contribution in [0.15, 0.2) is 60.7 Å². The first-order valence-corrected chi connectivity index (χ1v) is 9.07. The molecule has 3 aromatic rings. The van der Waals surface area contributed by atoms with Crippen LogP contribution in [0.5, 0.6) is 5.75 Å². The number of amides is 1. The van der Waals surface area contributed by atoms with E-state index in [2.05, 4.69) is 10.3 Å². The van der Waals surface area contributed by atoms with Gasteiger partial charge in [-0.1, -0.05) is 42.5 Å². The molecule has 1 aromatic heterocycles. The van der Waals surface area contributed by atoms with Crippen molar-refractivity contribution in [2.45, 2.75) is 26.9 Å². The Balaban J connectivity index is 1.97. The third kappa shape index (κ3) is 4.76. The molecule has 1 unspecified atom stereocenters. The average Bonchev–Trinajstić information content (AvgIpc) is 2.70. The molecule has 0 radical (unpaired) electrons. The van der Waals surface area contributed by atoms with Gasteiger partial charge in [0, 0.05) is 18.2 Å². The number of hydrogen-bond acceptors (Lipinski definition) is 5. The van der Waals surface area contributed by atoms with E-state index in [0.29, 0.717) is 16.9 Å². The van der Waals surface area contributed by atoms with E-state index in [0.717, 1.165) is 11.1 Å². The van der Waals surface area contributed by atoms with Gasteiger partial charge in [-0.15, -0.1) is 0 Å². The first kappa shape index (κ1) is 20.0. The van der Waals surface area contributed by atoms with Gasteiger partial charge in [0.15, 0.2) is 0 Å². The Hall–Kier alpha value is -3.74. The summed E-state index contributed by atoms with van der Waals surface area (Å²) in [4.78, 5) is 27.8. The van der Waals surface area contributed by atoms with Crippen molar-refractivity contribution in [3.05, 3.63) is 93.2 Å². The van der Waals surface area contributed by atoms with Crippen molar-refractivity contribution < 1.29 is 14.5 Å². The molecule has 0 saturated heterocycles. The molecule has 0 saturated carbocycles. The van der Waals surface area contributed by atoms with Crippen LogP contribution in [0, 0.1) is 30.9 Å². The fourth-order valence-corrected chi connectivity index (χ4v) is 2.85. The second kappa shape index (κ2) is 8.52. The number of benzene rings is 2. The minimum absolute atomic E-state index is 0.0643. The molecule has 7 nitrogen and oxygen atoms in total. The quantitative estimate of drug-likeness (QED) is 0.486. The Morgan fingerprint density at radius 3 is 2.48 bits per heavy atom. The van der Waals surface area contributed by atoms with Crippen molar-refractivity contribution in [3.63, 3.8) is 0 Å². The molecule has 0 aliphatic rings. The molecule has 0 aliphatic heterocycles. The minimum atomic E-state index is -1.08. The first-order valence-electron chi connectivity index (χ1n) is 9.07. The fraction of sp³-hybridized carbons (Fsp3) is 0.182. The largest absolute Gasteiger partial charge is 0.467 e. The highest BCUT2D eigenvalue weighted by molar-refractivity contribution is 5.95. The normalized spacial score (nSPS) is 11.6. The number of nitrogens with zero attached hydrogens (tertiary/aromatic N) is 2. The zero-order valence-corrected chi connectivity index (χ0v) is 16.4. The molecule has 1 amide bonds. The third-order valence-electron chi connectivity index (χ3n) is 4.39. The Bertz CT molecular complexity index is 1050. The molecular weight excluding hydrogens is 370 g/mol. The summed E-state index contributed by atoms with van der Waals surface area (Å²) in [5.41, 5.74) is 3.63. The van der Waals surface area contributed by atoms with E-state index < -0.39 is 22.8 Å². The summed E-state index contributed by atoms with van der Waals surface area (Å²) in [6, 6.07) is 17.6. The van der Waals surface area contributed by atoms with Gasteiger partial charge in [-0.25, -0.2) is 0 Å². The molecule has 0 bridgehead atoms. The van der Waals surface area contributed by atoms with Gasteiger partial charge < -0.3 is 20.2 Å². The Morgan fingerprint density at radius 2 is 1.79 bits per heavy atom. The van der Waals surface area contributed by atoms with Crippen LogP contribution in [-0.4, -0.2) is 15.8 Å². The zero-order chi connectivity index (χ0) is 21.0. The maximum Gasteiger partial charge on any atom is 0.406 e. The minimum Gasteiger partial charge on any atom is -0.467 e. The topological polar surface area (TPSA) is 94.4 Å². The van der Waals surface area contributed by atoms with Crippen molar-refractivity contribution >= 4 is 17.4 Å². The van der Waals surface area contributed by atoms with Gasteiger partial charge in [0.05, 0.1) is 0 Å². The predicted octanol–water partition coefficient (Wildman–Crippen LogP) is 4.67. The number of nitro groups is 1. The Morgan fingerprint density at radius 1 is 1.07 bits per heavy atom. The lowest BCUT2D eigenvalue weighted by atomic mass is 10.1. The van der Waals surface area contributed by atoms with E-state index in [4.69, 9.17) is 4.74 Å². The Labute approximate surface area is 168 Å². The van der Waals surface area contributed by atoms with Gasteiger partial charge in [0.1, 0.15) is 5.69 Å². The summed E-state index contributed by atoms with van der Waals surface area (Å²) in [5, 5.41) is 14.3. The molecule has 0 aliphatic carbocycles. The zero-order valence-electron chi connectivity index (χ0n) is 16.4. The number of aromatic nitrogens is 1. The van der Waals surface area contributed by atoms with Crippen LogP contribution in [0.1, 0.15) is 28.5 Å². The van der Waals surface area contributed by atoms with Gasteiger partial charge in [-0.3, -0.25) is 4.79 Å². The third-order valence-corrected chi connectivity index (χ3v) is 4.39. The molecule has 148 valence electrons. The van der Waals surface area contributed by atoms with Crippen molar-refractivity contribution in [2.75, 3.05) is 5.32 Å². The lowest BCUT2D eigenvalue weighted by Crippen LogP contribution is -2.26. The number of hydrogen-bond donors (Lipinski definition) is 1. The second-order valence-corrected chi connectivity index (χ2v) is 6.75. The Kier molecular flexibility index (Phi) is 5.87. The number of carbonyl (C=O) groups is 1. The number of anilines is 1. The molecule has 0 fully saturated rings. The van der Waals surface area contributed by atoms with Gasteiger partial charge in [-0.05, 0) is 53.1 Å². The van der Waals surface area contributed by atoms with Gasteiger partial charge in [0.2, 0.25) is 11.9 Å². The summed E-state index contributed by atoms with van der Waals surface area (Å²) in [6.45, 7) is 5.47. The standard InChI is InChI=1S/C22H21N3O4/c1-14-9-10-15(2)18(13-14)24-22(26)20(17-7-5-4-6-8-17)29-19-12-11-16(3)23-21(19)25(27)28/h4-13,20H,1-3H3,(H,24,26).